The number of benzene rings is 2. The van der Waals surface area contributed by atoms with Gasteiger partial charge in [-0.3, -0.25) is 14.6 Å². The molecule has 10 nitrogen and oxygen atoms in total. The Balaban J connectivity index is 0.757. The number of aromatic nitrogens is 4. The van der Waals surface area contributed by atoms with Gasteiger partial charge in [0.05, 0.1) is 17.0 Å². The summed E-state index contributed by atoms with van der Waals surface area (Å²) in [6.07, 6.45) is 11.8. The van der Waals surface area contributed by atoms with Gasteiger partial charge >= 0.3 is 0 Å². The van der Waals surface area contributed by atoms with Crippen LogP contribution in [0, 0.1) is 23.2 Å². The van der Waals surface area contributed by atoms with E-state index in [-0.39, 0.29) is 17.5 Å². The summed E-state index contributed by atoms with van der Waals surface area (Å²) in [5.41, 5.74) is 8.62. The number of fused-ring (bicyclic) bond motifs is 1. The molecule has 2 N–H and O–H groups in total. The number of halogens is 1. The fourth-order valence-electron chi connectivity index (χ4n) is 11.9. The lowest BCUT2D eigenvalue weighted by molar-refractivity contribution is -0.148. The Kier molecular flexibility index (Phi) is 8.47. The first-order valence-corrected chi connectivity index (χ1v) is 20.4. The summed E-state index contributed by atoms with van der Waals surface area (Å²) in [4.78, 5) is 29.2. The number of amides is 1. The number of hydrogen-bond acceptors (Lipinski definition) is 8. The monoisotopic (exact) mass is 732 g/mol. The molecule has 7 aliphatic rings. The molecular formula is C43H53FN8O2. The van der Waals surface area contributed by atoms with E-state index >= 15 is 4.39 Å². The molecule has 0 spiro atoms. The van der Waals surface area contributed by atoms with E-state index in [1.807, 2.05) is 59.3 Å². The number of rotatable bonds is 8. The van der Waals surface area contributed by atoms with Crippen LogP contribution < -0.4 is 10.5 Å². The van der Waals surface area contributed by atoms with Gasteiger partial charge in [0.25, 0.3) is 0 Å². The first kappa shape index (κ1) is 34.4. The minimum absolute atomic E-state index is 0.117. The molecule has 1 unspecified atom stereocenters. The third kappa shape index (κ3) is 6.06. The van der Waals surface area contributed by atoms with Gasteiger partial charge in [0, 0.05) is 57.3 Å². The van der Waals surface area contributed by atoms with E-state index in [4.69, 9.17) is 15.6 Å². The molecule has 4 aliphatic carbocycles. The fourth-order valence-corrected chi connectivity index (χ4v) is 11.9. The van der Waals surface area contributed by atoms with Crippen LogP contribution in [0.2, 0.25) is 0 Å². The number of alkyl halides is 1. The highest BCUT2D eigenvalue weighted by Crippen LogP contribution is 2.61. The van der Waals surface area contributed by atoms with Crippen LogP contribution >= 0.6 is 0 Å². The second kappa shape index (κ2) is 13.3. The van der Waals surface area contributed by atoms with Gasteiger partial charge in [-0.1, -0.05) is 18.2 Å². The van der Waals surface area contributed by atoms with Crippen LogP contribution in [0.3, 0.4) is 0 Å². The van der Waals surface area contributed by atoms with Crippen LogP contribution in [0.25, 0.3) is 22.3 Å². The molecule has 4 bridgehead atoms. The van der Waals surface area contributed by atoms with Gasteiger partial charge in [-0.2, -0.15) is 5.10 Å². The molecule has 0 radical (unpaired) electrons. The Bertz CT molecular complexity index is 1970. The first-order valence-electron chi connectivity index (χ1n) is 20.4. The lowest BCUT2D eigenvalue weighted by atomic mass is 9.49. The summed E-state index contributed by atoms with van der Waals surface area (Å²) in [5, 5.41) is 5.86. The maximum absolute atomic E-state index is 16.3. The Labute approximate surface area is 317 Å². The van der Waals surface area contributed by atoms with Crippen LogP contribution in [-0.4, -0.2) is 97.4 Å². The molecule has 3 saturated heterocycles. The van der Waals surface area contributed by atoms with Gasteiger partial charge in [-0.15, -0.1) is 0 Å². The largest absolute Gasteiger partial charge is 0.457 e. The number of nitrogen functional groups attached to an aromatic ring is 1. The number of likely N-dealkylation sites (tertiary alicyclic amines) is 3. The molecule has 7 fully saturated rings. The standard InChI is InChI=1S/C43H53FN8O2/c1-42(13-16-49(26-36(42)44)33-24-50(25-33)37(53)23-43-20-28-17-29(21-43)19-30(18-28)22-43)51-14-11-32(12-15-51)52-41-38(40(45)46-27-47-41)39(48-52)31-7-9-35(10-8-31)54-34-5-3-2-4-6-34/h2-10,27-30,32-33,36H,11-26H2,1H3,(H2,45,46,47)/t28?,29?,30?,36?,42-,43?/m1/s1. The van der Waals surface area contributed by atoms with Gasteiger partial charge in [0.2, 0.25) is 5.91 Å². The van der Waals surface area contributed by atoms with Gasteiger partial charge in [-0.25, -0.2) is 19.0 Å². The molecule has 11 rings (SSSR count). The predicted octanol–water partition coefficient (Wildman–Crippen LogP) is 7.12. The number of para-hydroxylation sites is 1. The van der Waals surface area contributed by atoms with Crippen molar-refractivity contribution in [3.05, 3.63) is 60.9 Å². The Morgan fingerprint density at radius 1 is 0.870 bits per heavy atom. The quantitative estimate of drug-likeness (QED) is 0.204. The molecule has 2 atom stereocenters. The average Bonchev–Trinajstić information content (AvgIpc) is 3.54. The number of nitrogens with two attached hydrogens (primary N) is 1. The second-order valence-electron chi connectivity index (χ2n) is 18.0. The van der Waals surface area contributed by atoms with Crippen LogP contribution in [0.1, 0.15) is 77.2 Å². The van der Waals surface area contributed by atoms with Crippen molar-refractivity contribution in [3.8, 4) is 22.8 Å². The first-order chi connectivity index (χ1) is 26.2. The Morgan fingerprint density at radius 3 is 2.20 bits per heavy atom. The summed E-state index contributed by atoms with van der Waals surface area (Å²) in [6.45, 7) is 6.55. The number of hydrogen-bond donors (Lipinski definition) is 1. The third-order valence-electron chi connectivity index (χ3n) is 14.6. The number of ether oxygens (including phenoxy) is 1. The summed E-state index contributed by atoms with van der Waals surface area (Å²) in [5.74, 6) is 4.88. The summed E-state index contributed by atoms with van der Waals surface area (Å²) < 4.78 is 24.4. The SMILES string of the molecule is C[C@@]1(N2CCC(n3nc(-c4ccc(Oc5ccccc5)cc4)c4c(N)ncnc43)CC2)CCN(C2CN(C(=O)CC34CC5CC(CC(C5)C3)C4)C2)CC1F. The average molecular weight is 733 g/mol. The van der Waals surface area contributed by atoms with Crippen molar-refractivity contribution >= 4 is 22.8 Å². The molecule has 2 aromatic carbocycles. The molecular weight excluding hydrogens is 680 g/mol. The normalized spacial score (nSPS) is 31.9. The highest BCUT2D eigenvalue weighted by Gasteiger charge is 2.53. The van der Waals surface area contributed by atoms with Crippen molar-refractivity contribution in [2.24, 2.45) is 23.2 Å². The van der Waals surface area contributed by atoms with Crippen LogP contribution in [0.5, 0.6) is 11.5 Å². The zero-order valence-electron chi connectivity index (χ0n) is 31.5. The number of anilines is 1. The molecule has 2 aromatic heterocycles. The number of piperidine rings is 2. The molecule has 284 valence electrons. The summed E-state index contributed by atoms with van der Waals surface area (Å²) in [6, 6.07) is 18.0. The van der Waals surface area contributed by atoms with E-state index in [0.717, 1.165) is 110 Å². The van der Waals surface area contributed by atoms with Crippen molar-refractivity contribution < 1.29 is 13.9 Å². The fraction of sp³-hybridized carbons (Fsp3) is 0.581. The zero-order valence-corrected chi connectivity index (χ0v) is 31.5. The smallest absolute Gasteiger partial charge is 0.223 e. The lowest BCUT2D eigenvalue weighted by Crippen LogP contribution is -2.68. The van der Waals surface area contributed by atoms with Gasteiger partial charge in [0.15, 0.2) is 5.65 Å². The van der Waals surface area contributed by atoms with Gasteiger partial charge < -0.3 is 15.4 Å². The molecule has 11 heteroatoms. The maximum atomic E-state index is 16.3. The molecule has 5 heterocycles. The van der Waals surface area contributed by atoms with E-state index in [1.165, 1.54) is 44.9 Å². The van der Waals surface area contributed by atoms with E-state index in [1.54, 1.807) is 0 Å². The zero-order chi connectivity index (χ0) is 36.6. The lowest BCUT2D eigenvalue weighted by Gasteiger charge is -2.57. The third-order valence-corrected chi connectivity index (χ3v) is 14.6. The molecule has 1 amide bonds. The number of carbonyl (C=O) groups is 1. The van der Waals surface area contributed by atoms with E-state index < -0.39 is 11.7 Å². The van der Waals surface area contributed by atoms with E-state index in [0.29, 0.717) is 18.3 Å². The van der Waals surface area contributed by atoms with Crippen LogP contribution in [0.15, 0.2) is 60.9 Å². The number of nitrogens with zero attached hydrogens (tertiary/aromatic N) is 7. The van der Waals surface area contributed by atoms with Crippen LogP contribution in [-0.2, 0) is 4.79 Å². The molecule has 4 saturated carbocycles. The van der Waals surface area contributed by atoms with Crippen molar-refractivity contribution in [1.82, 2.24) is 34.4 Å². The van der Waals surface area contributed by atoms with Gasteiger partial charge in [0.1, 0.15) is 35.5 Å². The maximum Gasteiger partial charge on any atom is 0.223 e. The van der Waals surface area contributed by atoms with Crippen molar-refractivity contribution in [2.45, 2.75) is 94.9 Å². The molecule has 3 aliphatic heterocycles. The van der Waals surface area contributed by atoms with Crippen LogP contribution in [0.4, 0.5) is 10.2 Å². The highest BCUT2D eigenvalue weighted by atomic mass is 19.1. The van der Waals surface area contributed by atoms with E-state index in [2.05, 4.69) is 31.6 Å². The Hall–Kier alpha value is -4.09. The van der Waals surface area contributed by atoms with Crippen molar-refractivity contribution in [2.75, 3.05) is 45.0 Å². The van der Waals surface area contributed by atoms with Crippen molar-refractivity contribution in [1.29, 1.82) is 0 Å². The summed E-state index contributed by atoms with van der Waals surface area (Å²) >= 11 is 0. The van der Waals surface area contributed by atoms with E-state index in [9.17, 15) is 4.79 Å². The highest BCUT2D eigenvalue weighted by molar-refractivity contribution is 5.98. The van der Waals surface area contributed by atoms with Crippen molar-refractivity contribution in [3.63, 3.8) is 0 Å². The van der Waals surface area contributed by atoms with Gasteiger partial charge in [-0.05, 0) is 124 Å². The number of carbonyl (C=O) groups excluding carboxylic acids is 1. The predicted molar refractivity (Wildman–Crippen MR) is 207 cm³/mol. The minimum Gasteiger partial charge on any atom is -0.457 e. The minimum atomic E-state index is -0.946. The Morgan fingerprint density at radius 2 is 1.54 bits per heavy atom. The topological polar surface area (TPSA) is 106 Å². The second-order valence-corrected chi connectivity index (χ2v) is 18.0. The summed E-state index contributed by atoms with van der Waals surface area (Å²) in [7, 11) is 0. The molecule has 54 heavy (non-hydrogen) atoms. The molecule has 4 aromatic rings.